The smallest absolute Gasteiger partial charge is 0.341 e. The van der Waals surface area contributed by atoms with Crippen LogP contribution in [0, 0.1) is 6.92 Å². The Morgan fingerprint density at radius 1 is 1.00 bits per heavy atom. The number of fused-ring (bicyclic) bond motifs is 2. The third kappa shape index (κ3) is 5.91. The molecule has 0 saturated heterocycles. The first-order valence-corrected chi connectivity index (χ1v) is 13.0. The van der Waals surface area contributed by atoms with Gasteiger partial charge in [-0.05, 0) is 76.1 Å². The minimum absolute atomic E-state index is 0.00606. The van der Waals surface area contributed by atoms with Crippen molar-refractivity contribution in [3.05, 3.63) is 81.2 Å². The number of esters is 1. The first kappa shape index (κ1) is 27.7. The Morgan fingerprint density at radius 2 is 1.77 bits per heavy atom. The minimum Gasteiger partial charge on any atom is -0.494 e. The number of carbonyl (C=O) groups excluding carboxylic acids is 2. The highest BCUT2D eigenvalue weighted by Gasteiger charge is 2.20. The van der Waals surface area contributed by atoms with Crippen molar-refractivity contribution in [1.29, 1.82) is 0 Å². The molecule has 3 heterocycles. The van der Waals surface area contributed by atoms with Crippen molar-refractivity contribution in [1.82, 2.24) is 14.0 Å². The summed E-state index contributed by atoms with van der Waals surface area (Å²) >= 11 is 0. The number of carbonyl (C=O) groups is 2. The van der Waals surface area contributed by atoms with E-state index in [9.17, 15) is 14.4 Å². The highest BCUT2D eigenvalue weighted by atomic mass is 16.5. The van der Waals surface area contributed by atoms with Gasteiger partial charge in [0.2, 0.25) is 0 Å². The minimum atomic E-state index is -0.690. The molecule has 3 aromatic heterocycles. The molecule has 10 nitrogen and oxygen atoms in total. The fourth-order valence-corrected chi connectivity index (χ4v) is 4.27. The molecule has 0 atom stereocenters. The first-order chi connectivity index (χ1) is 18.9. The molecule has 0 aliphatic heterocycles. The van der Waals surface area contributed by atoms with E-state index in [1.54, 1.807) is 48.0 Å². The lowest BCUT2D eigenvalue weighted by Gasteiger charge is -2.15. The highest BCUT2D eigenvalue weighted by Crippen LogP contribution is 2.16. The summed E-state index contributed by atoms with van der Waals surface area (Å²) in [4.78, 5) is 49.2. The van der Waals surface area contributed by atoms with Gasteiger partial charge >= 0.3 is 5.97 Å². The lowest BCUT2D eigenvalue weighted by atomic mass is 10.2. The summed E-state index contributed by atoms with van der Waals surface area (Å²) in [6.45, 7) is 9.22. The molecule has 0 unspecified atom stereocenters. The van der Waals surface area contributed by atoms with Crippen LogP contribution in [-0.4, -0.2) is 52.3 Å². The normalized spacial score (nSPS) is 11.7. The van der Waals surface area contributed by atoms with Crippen LogP contribution in [0.1, 0.15) is 53.5 Å². The van der Waals surface area contributed by atoms with E-state index in [1.807, 2.05) is 26.8 Å². The number of amides is 1. The van der Waals surface area contributed by atoms with E-state index in [-0.39, 0.29) is 28.6 Å². The van der Waals surface area contributed by atoms with Gasteiger partial charge in [-0.2, -0.15) is 4.99 Å². The van der Waals surface area contributed by atoms with Gasteiger partial charge in [0, 0.05) is 31.5 Å². The third-order valence-electron chi connectivity index (χ3n) is 6.09. The van der Waals surface area contributed by atoms with Gasteiger partial charge in [-0.1, -0.05) is 6.07 Å². The Bertz CT molecular complexity index is 1640. The van der Waals surface area contributed by atoms with Crippen LogP contribution < -0.4 is 15.8 Å². The van der Waals surface area contributed by atoms with Gasteiger partial charge in [0.25, 0.3) is 11.5 Å². The van der Waals surface area contributed by atoms with Crippen LogP contribution in [0.3, 0.4) is 0 Å². The molecule has 4 rings (SSSR count). The van der Waals surface area contributed by atoms with Crippen LogP contribution in [-0.2, 0) is 16.0 Å². The molecular weight excluding hydrogens is 500 g/mol. The second-order valence-electron chi connectivity index (χ2n) is 8.72. The van der Waals surface area contributed by atoms with Crippen LogP contribution in [0.5, 0.6) is 5.75 Å². The molecule has 4 aromatic rings. The second kappa shape index (κ2) is 12.5. The number of nitrogens with zero attached hydrogens (tertiary/aromatic N) is 4. The molecule has 0 spiro atoms. The molecule has 204 valence electrons. The Balaban J connectivity index is 2.02. The van der Waals surface area contributed by atoms with Gasteiger partial charge in [0.15, 0.2) is 5.49 Å². The zero-order chi connectivity index (χ0) is 27.9. The summed E-state index contributed by atoms with van der Waals surface area (Å²) in [6, 6.07) is 11.6. The van der Waals surface area contributed by atoms with Crippen molar-refractivity contribution in [2.75, 3.05) is 26.4 Å². The zero-order valence-corrected chi connectivity index (χ0v) is 22.6. The molecular formula is C29H32N4O6. The number of hydrogen-bond acceptors (Lipinski definition) is 7. The molecule has 0 saturated carbocycles. The van der Waals surface area contributed by atoms with Gasteiger partial charge in [-0.25, -0.2) is 9.78 Å². The second-order valence-corrected chi connectivity index (χ2v) is 8.72. The van der Waals surface area contributed by atoms with Gasteiger partial charge in [0.1, 0.15) is 22.6 Å². The Morgan fingerprint density at radius 3 is 2.46 bits per heavy atom. The van der Waals surface area contributed by atoms with Gasteiger partial charge in [-0.15, -0.1) is 0 Å². The fraction of sp³-hybridized carbons (Fsp3) is 0.345. The molecule has 0 aliphatic carbocycles. The number of benzene rings is 1. The molecule has 1 aromatic carbocycles. The quantitative estimate of drug-likeness (QED) is 0.174. The number of aryl methyl sites for hydroxylation is 2. The van der Waals surface area contributed by atoms with E-state index >= 15 is 0 Å². The third-order valence-corrected chi connectivity index (χ3v) is 6.09. The first-order valence-electron chi connectivity index (χ1n) is 13.0. The Labute approximate surface area is 225 Å². The Kier molecular flexibility index (Phi) is 8.88. The van der Waals surface area contributed by atoms with Crippen LogP contribution in [0.15, 0.2) is 58.4 Å². The monoisotopic (exact) mass is 532 g/mol. The molecule has 10 heteroatoms. The maximum atomic E-state index is 13.6. The topological polar surface area (TPSA) is 113 Å². The molecule has 0 fully saturated rings. The van der Waals surface area contributed by atoms with Crippen molar-refractivity contribution in [3.8, 4) is 5.75 Å². The predicted molar refractivity (Wildman–Crippen MR) is 146 cm³/mol. The van der Waals surface area contributed by atoms with Crippen molar-refractivity contribution >= 4 is 28.6 Å². The summed E-state index contributed by atoms with van der Waals surface area (Å²) in [5.74, 6) is -0.620. The van der Waals surface area contributed by atoms with Crippen molar-refractivity contribution < 1.29 is 23.8 Å². The predicted octanol–water partition coefficient (Wildman–Crippen LogP) is 3.70. The standard InChI is InChI=1S/C29H32N4O6/c1-5-37-17-9-16-32-25-22(28(35)33-15-8-10-19(4)24(33)30-25)18-23(29(36)39-7-3)26(32)31-27(34)20-11-13-21(14-12-20)38-6-2/h8,10-15,18H,5-7,9,16-17H2,1-4H3. The Hall–Kier alpha value is -4.31. The summed E-state index contributed by atoms with van der Waals surface area (Å²) in [5, 5.41) is 0.213. The highest BCUT2D eigenvalue weighted by molar-refractivity contribution is 5.97. The van der Waals surface area contributed by atoms with Gasteiger partial charge in [0.05, 0.1) is 18.6 Å². The summed E-state index contributed by atoms with van der Waals surface area (Å²) in [7, 11) is 0. The van der Waals surface area contributed by atoms with Crippen LogP contribution in [0.2, 0.25) is 0 Å². The maximum absolute atomic E-state index is 13.6. The SMILES string of the molecule is CCOCCCn1c(=NC(=O)c2ccc(OCC)cc2)c(C(=O)OCC)cc2c(=O)n3cccc(C)c3nc21. The zero-order valence-electron chi connectivity index (χ0n) is 22.6. The average molecular weight is 533 g/mol. The molecule has 0 N–H and O–H groups in total. The number of ether oxygens (including phenoxy) is 3. The number of aromatic nitrogens is 3. The molecule has 1 amide bonds. The van der Waals surface area contributed by atoms with E-state index in [1.165, 1.54) is 10.5 Å². The number of hydrogen-bond donors (Lipinski definition) is 0. The number of rotatable bonds is 10. The fourth-order valence-electron chi connectivity index (χ4n) is 4.27. The van der Waals surface area contributed by atoms with E-state index in [4.69, 9.17) is 19.2 Å². The van der Waals surface area contributed by atoms with E-state index in [0.29, 0.717) is 55.4 Å². The number of pyridine rings is 2. The van der Waals surface area contributed by atoms with E-state index < -0.39 is 11.9 Å². The van der Waals surface area contributed by atoms with Crippen molar-refractivity contribution in [3.63, 3.8) is 0 Å². The van der Waals surface area contributed by atoms with Gasteiger partial charge < -0.3 is 18.8 Å². The largest absolute Gasteiger partial charge is 0.494 e. The molecule has 0 bridgehead atoms. The molecule has 0 aliphatic rings. The van der Waals surface area contributed by atoms with Crippen LogP contribution in [0.4, 0.5) is 0 Å². The lowest BCUT2D eigenvalue weighted by molar-refractivity contribution is 0.0523. The molecule has 0 radical (unpaired) electrons. The van der Waals surface area contributed by atoms with Gasteiger partial charge in [-0.3, -0.25) is 14.0 Å². The lowest BCUT2D eigenvalue weighted by Crippen LogP contribution is -2.33. The summed E-state index contributed by atoms with van der Waals surface area (Å²) in [6.07, 6.45) is 2.17. The van der Waals surface area contributed by atoms with E-state index in [0.717, 1.165) is 5.56 Å². The maximum Gasteiger partial charge on any atom is 0.341 e. The summed E-state index contributed by atoms with van der Waals surface area (Å²) in [5.41, 5.74) is 1.64. The molecule has 39 heavy (non-hydrogen) atoms. The van der Waals surface area contributed by atoms with E-state index in [2.05, 4.69) is 4.99 Å². The van der Waals surface area contributed by atoms with Crippen LogP contribution in [0.25, 0.3) is 16.7 Å². The van der Waals surface area contributed by atoms with Crippen LogP contribution >= 0.6 is 0 Å². The average Bonchev–Trinajstić information content (AvgIpc) is 2.93. The van der Waals surface area contributed by atoms with Crippen molar-refractivity contribution in [2.24, 2.45) is 4.99 Å². The van der Waals surface area contributed by atoms with Crippen molar-refractivity contribution in [2.45, 2.75) is 40.7 Å². The summed E-state index contributed by atoms with van der Waals surface area (Å²) < 4.78 is 19.4.